The number of methoxy groups -OCH3 is 1. The van der Waals surface area contributed by atoms with Gasteiger partial charge in [-0.25, -0.2) is 4.99 Å². The first-order chi connectivity index (χ1) is 14.4. The summed E-state index contributed by atoms with van der Waals surface area (Å²) in [5.74, 6) is 0.516. The van der Waals surface area contributed by atoms with E-state index in [4.69, 9.17) is 4.74 Å². The lowest BCUT2D eigenvalue weighted by Gasteiger charge is -2.15. The third kappa shape index (κ3) is 5.21. The normalized spacial score (nSPS) is 17.5. The summed E-state index contributed by atoms with van der Waals surface area (Å²) in [6, 6.07) is 13.3. The molecule has 0 saturated carbocycles. The Balaban J connectivity index is 1.73. The van der Waals surface area contributed by atoms with Gasteiger partial charge < -0.3 is 10.1 Å². The number of nitrogens with one attached hydrogen (secondary N) is 1. The SMILES string of the molecule is CCCN1C(=O)[C@H](CC(=O)Nc2cc(C)ccc2C)SC1=Nc1ccc(OC)cc1. The third-order valence-corrected chi connectivity index (χ3v) is 5.98. The van der Waals surface area contributed by atoms with Gasteiger partial charge in [0.05, 0.1) is 12.8 Å². The minimum atomic E-state index is -0.473. The summed E-state index contributed by atoms with van der Waals surface area (Å²) in [6.07, 6.45) is 0.925. The molecule has 0 aromatic heterocycles. The molecule has 3 rings (SSSR count). The van der Waals surface area contributed by atoms with Crippen LogP contribution >= 0.6 is 11.8 Å². The predicted molar refractivity (Wildman–Crippen MR) is 123 cm³/mol. The highest BCUT2D eigenvalue weighted by Gasteiger charge is 2.38. The van der Waals surface area contributed by atoms with E-state index in [0.717, 1.165) is 34.7 Å². The van der Waals surface area contributed by atoms with Gasteiger partial charge >= 0.3 is 0 Å². The molecule has 0 radical (unpaired) electrons. The number of carbonyl (C=O) groups excluding carboxylic acids is 2. The summed E-state index contributed by atoms with van der Waals surface area (Å²) >= 11 is 1.35. The standard InChI is InChI=1S/C23H27N3O3S/c1-5-12-26-22(28)20(14-21(27)25-19-13-15(2)6-7-16(19)3)30-23(26)24-17-8-10-18(29-4)11-9-17/h6-11,13,20H,5,12,14H2,1-4H3,(H,25,27)/t20-/m0/s1. The highest BCUT2D eigenvalue weighted by atomic mass is 32.2. The molecule has 1 saturated heterocycles. The molecule has 1 aliphatic rings. The number of aliphatic imine (C=N–C) groups is 1. The molecule has 2 amide bonds. The minimum absolute atomic E-state index is 0.0646. The zero-order valence-electron chi connectivity index (χ0n) is 17.8. The highest BCUT2D eigenvalue weighted by Crippen LogP contribution is 2.32. The van der Waals surface area contributed by atoms with Crippen molar-refractivity contribution in [2.24, 2.45) is 4.99 Å². The lowest BCUT2D eigenvalue weighted by Crippen LogP contribution is -2.34. The maximum Gasteiger partial charge on any atom is 0.242 e. The van der Waals surface area contributed by atoms with E-state index in [1.54, 1.807) is 12.0 Å². The molecule has 2 aromatic rings. The summed E-state index contributed by atoms with van der Waals surface area (Å²) in [5.41, 5.74) is 3.60. The minimum Gasteiger partial charge on any atom is -0.497 e. The highest BCUT2D eigenvalue weighted by molar-refractivity contribution is 8.15. The van der Waals surface area contributed by atoms with Crippen LogP contribution in [0.15, 0.2) is 47.5 Å². The van der Waals surface area contributed by atoms with Gasteiger partial charge in [0.25, 0.3) is 0 Å². The summed E-state index contributed by atoms with van der Waals surface area (Å²) < 4.78 is 5.18. The lowest BCUT2D eigenvalue weighted by molar-refractivity contribution is -0.128. The monoisotopic (exact) mass is 425 g/mol. The fourth-order valence-corrected chi connectivity index (χ4v) is 4.35. The molecule has 0 spiro atoms. The first-order valence-corrected chi connectivity index (χ1v) is 10.9. The summed E-state index contributed by atoms with van der Waals surface area (Å²) in [4.78, 5) is 31.9. The number of thioether (sulfide) groups is 1. The smallest absolute Gasteiger partial charge is 0.242 e. The molecule has 1 N–H and O–H groups in total. The van der Waals surface area contributed by atoms with Crippen LogP contribution in [0.3, 0.4) is 0 Å². The fourth-order valence-electron chi connectivity index (χ4n) is 3.16. The number of ether oxygens (including phenoxy) is 1. The average molecular weight is 426 g/mol. The molecule has 1 fully saturated rings. The maximum absolute atomic E-state index is 12.9. The molecule has 0 bridgehead atoms. The van der Waals surface area contributed by atoms with Crippen molar-refractivity contribution in [2.75, 3.05) is 19.0 Å². The molecule has 30 heavy (non-hydrogen) atoms. The Hall–Kier alpha value is -2.80. The molecule has 158 valence electrons. The number of amides is 2. The number of hydrogen-bond donors (Lipinski definition) is 1. The van der Waals surface area contributed by atoms with Crippen LogP contribution in [0, 0.1) is 13.8 Å². The Morgan fingerprint density at radius 3 is 2.60 bits per heavy atom. The van der Waals surface area contributed by atoms with Gasteiger partial charge in [0.15, 0.2) is 5.17 Å². The largest absolute Gasteiger partial charge is 0.497 e. The van der Waals surface area contributed by atoms with Crippen molar-refractivity contribution in [2.45, 2.75) is 38.9 Å². The molecule has 1 heterocycles. The van der Waals surface area contributed by atoms with Gasteiger partial charge in [0, 0.05) is 18.7 Å². The van der Waals surface area contributed by atoms with Crippen molar-refractivity contribution in [1.29, 1.82) is 0 Å². The first-order valence-electron chi connectivity index (χ1n) is 9.99. The second kappa shape index (κ2) is 9.80. The van der Waals surface area contributed by atoms with E-state index in [1.165, 1.54) is 11.8 Å². The summed E-state index contributed by atoms with van der Waals surface area (Å²) in [5, 5.41) is 3.11. The van der Waals surface area contributed by atoms with Gasteiger partial charge in [-0.05, 0) is 61.7 Å². The summed E-state index contributed by atoms with van der Waals surface area (Å²) in [7, 11) is 1.61. The first kappa shape index (κ1) is 21.9. The van der Waals surface area contributed by atoms with E-state index in [-0.39, 0.29) is 18.2 Å². The molecule has 1 atom stereocenters. The van der Waals surface area contributed by atoms with Crippen molar-refractivity contribution in [3.63, 3.8) is 0 Å². The Kier molecular flexibility index (Phi) is 7.15. The Morgan fingerprint density at radius 1 is 1.20 bits per heavy atom. The molecular weight excluding hydrogens is 398 g/mol. The van der Waals surface area contributed by atoms with Gasteiger partial charge in [0.1, 0.15) is 11.0 Å². The van der Waals surface area contributed by atoms with E-state index >= 15 is 0 Å². The quantitative estimate of drug-likeness (QED) is 0.699. The van der Waals surface area contributed by atoms with Crippen LogP contribution in [0.5, 0.6) is 5.75 Å². The van der Waals surface area contributed by atoms with Crippen LogP contribution in [0.25, 0.3) is 0 Å². The Labute approximate surface area is 181 Å². The van der Waals surface area contributed by atoms with Crippen molar-refractivity contribution in [3.05, 3.63) is 53.6 Å². The number of amidine groups is 1. The van der Waals surface area contributed by atoms with E-state index in [9.17, 15) is 9.59 Å². The van der Waals surface area contributed by atoms with Gasteiger partial charge in [-0.1, -0.05) is 30.8 Å². The van der Waals surface area contributed by atoms with Crippen molar-refractivity contribution < 1.29 is 14.3 Å². The van der Waals surface area contributed by atoms with Gasteiger partial charge in [-0.2, -0.15) is 0 Å². The molecule has 0 aliphatic carbocycles. The second-order valence-electron chi connectivity index (χ2n) is 7.26. The van der Waals surface area contributed by atoms with Crippen LogP contribution in [-0.2, 0) is 9.59 Å². The molecule has 1 aliphatic heterocycles. The number of nitrogens with zero attached hydrogens (tertiary/aromatic N) is 2. The molecule has 7 heteroatoms. The van der Waals surface area contributed by atoms with Crippen molar-refractivity contribution in [3.8, 4) is 5.75 Å². The number of benzene rings is 2. The average Bonchev–Trinajstić information content (AvgIpc) is 3.00. The van der Waals surface area contributed by atoms with Gasteiger partial charge in [0.2, 0.25) is 11.8 Å². The molecule has 6 nitrogen and oxygen atoms in total. The number of aryl methyl sites for hydroxylation is 2. The van der Waals surface area contributed by atoms with Gasteiger partial charge in [-0.3, -0.25) is 14.5 Å². The van der Waals surface area contributed by atoms with Gasteiger partial charge in [-0.15, -0.1) is 0 Å². The lowest BCUT2D eigenvalue weighted by atomic mass is 10.1. The topological polar surface area (TPSA) is 71.0 Å². The number of anilines is 1. The number of rotatable bonds is 7. The third-order valence-electron chi connectivity index (χ3n) is 4.80. The molecule has 0 unspecified atom stereocenters. The zero-order valence-corrected chi connectivity index (χ0v) is 18.6. The zero-order chi connectivity index (χ0) is 21.7. The predicted octanol–water partition coefficient (Wildman–Crippen LogP) is 4.68. The number of hydrogen-bond acceptors (Lipinski definition) is 5. The van der Waals surface area contributed by atoms with Crippen molar-refractivity contribution in [1.82, 2.24) is 4.90 Å². The van der Waals surface area contributed by atoms with Crippen molar-refractivity contribution >= 4 is 40.1 Å². The Bertz CT molecular complexity index is 957. The van der Waals surface area contributed by atoms with Crippen LogP contribution in [0.1, 0.15) is 30.9 Å². The second-order valence-corrected chi connectivity index (χ2v) is 8.43. The molecular formula is C23H27N3O3S. The fraction of sp³-hybridized carbons (Fsp3) is 0.348. The van der Waals surface area contributed by atoms with E-state index in [2.05, 4.69) is 10.3 Å². The number of carbonyl (C=O) groups is 2. The Morgan fingerprint density at radius 2 is 1.93 bits per heavy atom. The van der Waals surface area contributed by atoms with Crippen LogP contribution in [0.2, 0.25) is 0 Å². The van der Waals surface area contributed by atoms with Crippen LogP contribution in [0.4, 0.5) is 11.4 Å². The maximum atomic E-state index is 12.9. The van der Waals surface area contributed by atoms with E-state index < -0.39 is 5.25 Å². The van der Waals surface area contributed by atoms with E-state index in [1.807, 2.05) is 63.2 Å². The van der Waals surface area contributed by atoms with Crippen LogP contribution in [-0.4, -0.2) is 40.8 Å². The van der Waals surface area contributed by atoms with Crippen LogP contribution < -0.4 is 10.1 Å². The summed E-state index contributed by atoms with van der Waals surface area (Å²) in [6.45, 7) is 6.53. The molecule has 2 aromatic carbocycles. The van der Waals surface area contributed by atoms with E-state index in [0.29, 0.717) is 11.7 Å².